The van der Waals surface area contributed by atoms with Crippen molar-refractivity contribution in [3.8, 4) is 11.3 Å². The maximum Gasteiger partial charge on any atom is 0.221 e. The number of H-pyrrole nitrogens is 1. The number of amides is 1. The standard InChI is InChI=1S/C16H13N2O/c1-11(19)17-14-7-8-15-13(9-14)10-16(18-15)12-5-3-2-4-6-12/h2-3,5-10,18H,1H3,(H,17,19). The topological polar surface area (TPSA) is 44.9 Å². The van der Waals surface area contributed by atoms with Gasteiger partial charge in [-0.15, -0.1) is 0 Å². The van der Waals surface area contributed by atoms with Gasteiger partial charge in [0.15, 0.2) is 0 Å². The fourth-order valence-electron chi connectivity index (χ4n) is 2.13. The zero-order chi connectivity index (χ0) is 13.2. The van der Waals surface area contributed by atoms with Crippen molar-refractivity contribution in [2.24, 2.45) is 0 Å². The van der Waals surface area contributed by atoms with E-state index in [1.165, 1.54) is 6.92 Å². The zero-order valence-electron chi connectivity index (χ0n) is 10.5. The molecule has 3 nitrogen and oxygen atoms in total. The van der Waals surface area contributed by atoms with E-state index in [9.17, 15) is 4.79 Å². The molecule has 2 N–H and O–H groups in total. The van der Waals surface area contributed by atoms with E-state index in [0.717, 1.165) is 27.8 Å². The highest BCUT2D eigenvalue weighted by atomic mass is 16.1. The number of carbonyl (C=O) groups excluding carboxylic acids is 1. The molecule has 0 saturated heterocycles. The van der Waals surface area contributed by atoms with Crippen LogP contribution in [0.3, 0.4) is 0 Å². The highest BCUT2D eigenvalue weighted by molar-refractivity contribution is 5.94. The van der Waals surface area contributed by atoms with E-state index < -0.39 is 0 Å². The second-order valence-electron chi connectivity index (χ2n) is 4.46. The molecule has 0 bridgehead atoms. The van der Waals surface area contributed by atoms with E-state index in [0.29, 0.717) is 0 Å². The van der Waals surface area contributed by atoms with Gasteiger partial charge in [0.05, 0.1) is 0 Å². The minimum absolute atomic E-state index is 0.0623. The van der Waals surface area contributed by atoms with E-state index in [4.69, 9.17) is 0 Å². The van der Waals surface area contributed by atoms with Crippen LogP contribution < -0.4 is 5.32 Å². The Morgan fingerprint density at radius 1 is 1.26 bits per heavy atom. The molecule has 0 unspecified atom stereocenters. The smallest absolute Gasteiger partial charge is 0.221 e. The lowest BCUT2D eigenvalue weighted by Crippen LogP contribution is -2.05. The molecule has 0 spiro atoms. The molecule has 2 aromatic carbocycles. The van der Waals surface area contributed by atoms with Gasteiger partial charge < -0.3 is 10.3 Å². The molecule has 93 valence electrons. The highest BCUT2D eigenvalue weighted by Gasteiger charge is 2.04. The Balaban J connectivity index is 2.04. The largest absolute Gasteiger partial charge is 0.355 e. The van der Waals surface area contributed by atoms with Crippen molar-refractivity contribution < 1.29 is 4.79 Å². The van der Waals surface area contributed by atoms with Crippen LogP contribution in [-0.2, 0) is 4.79 Å². The van der Waals surface area contributed by atoms with Crippen molar-refractivity contribution in [1.29, 1.82) is 0 Å². The van der Waals surface area contributed by atoms with Crippen molar-refractivity contribution in [2.75, 3.05) is 5.32 Å². The van der Waals surface area contributed by atoms with Gasteiger partial charge in [-0.05, 0) is 42.0 Å². The number of nitrogens with one attached hydrogen (secondary N) is 2. The lowest BCUT2D eigenvalue weighted by atomic mass is 10.1. The number of rotatable bonds is 2. The van der Waals surface area contributed by atoms with Gasteiger partial charge in [-0.1, -0.05) is 18.2 Å². The summed E-state index contributed by atoms with van der Waals surface area (Å²) < 4.78 is 0. The summed E-state index contributed by atoms with van der Waals surface area (Å²) in [5, 5.41) is 3.86. The SMILES string of the molecule is CC(=O)Nc1ccc2[nH]c(-c3c[c]ccc3)cc2c1. The van der Waals surface area contributed by atoms with Crippen LogP contribution in [0.2, 0.25) is 0 Å². The molecule has 3 rings (SSSR count). The first-order valence-electron chi connectivity index (χ1n) is 6.09. The first-order chi connectivity index (χ1) is 9.22. The molecule has 0 atom stereocenters. The molecule has 0 aliphatic heterocycles. The predicted octanol–water partition coefficient (Wildman–Crippen LogP) is 3.59. The quantitative estimate of drug-likeness (QED) is 0.716. The van der Waals surface area contributed by atoms with Gasteiger partial charge in [0.1, 0.15) is 0 Å². The predicted molar refractivity (Wildman–Crippen MR) is 76.9 cm³/mol. The van der Waals surface area contributed by atoms with Crippen LogP contribution in [0.1, 0.15) is 6.92 Å². The zero-order valence-corrected chi connectivity index (χ0v) is 10.5. The van der Waals surface area contributed by atoms with Crippen LogP contribution in [0.25, 0.3) is 22.2 Å². The molecule has 1 aromatic heterocycles. The van der Waals surface area contributed by atoms with Crippen molar-refractivity contribution in [2.45, 2.75) is 6.92 Å². The molecular formula is C16H13N2O. The first-order valence-corrected chi connectivity index (χ1v) is 6.09. The number of aromatic amines is 1. The second kappa shape index (κ2) is 4.61. The van der Waals surface area contributed by atoms with Gasteiger partial charge in [0, 0.05) is 29.2 Å². The molecule has 0 fully saturated rings. The summed E-state index contributed by atoms with van der Waals surface area (Å²) in [6.45, 7) is 1.51. The summed E-state index contributed by atoms with van der Waals surface area (Å²) in [5.41, 5.74) is 4.00. The third-order valence-corrected chi connectivity index (χ3v) is 2.96. The molecule has 19 heavy (non-hydrogen) atoms. The Morgan fingerprint density at radius 2 is 2.16 bits per heavy atom. The Bertz CT molecular complexity index is 729. The third kappa shape index (κ3) is 2.36. The molecule has 1 amide bonds. The van der Waals surface area contributed by atoms with Crippen molar-refractivity contribution in [1.82, 2.24) is 4.98 Å². The maximum atomic E-state index is 11.1. The summed E-state index contributed by atoms with van der Waals surface area (Å²) in [6.07, 6.45) is 0. The Hall–Kier alpha value is -2.55. The normalized spacial score (nSPS) is 10.6. The minimum atomic E-state index is -0.0623. The molecule has 0 saturated carbocycles. The van der Waals surface area contributed by atoms with E-state index in [2.05, 4.69) is 22.4 Å². The molecule has 0 aliphatic rings. The summed E-state index contributed by atoms with van der Waals surface area (Å²) in [6, 6.07) is 18.8. The Kier molecular flexibility index (Phi) is 2.80. The molecule has 3 aromatic rings. The van der Waals surface area contributed by atoms with Crippen LogP contribution in [0, 0.1) is 6.07 Å². The van der Waals surface area contributed by atoms with E-state index in [1.807, 2.05) is 42.5 Å². The van der Waals surface area contributed by atoms with Crippen molar-refractivity contribution in [3.63, 3.8) is 0 Å². The lowest BCUT2D eigenvalue weighted by Gasteiger charge is -2.00. The fraction of sp³-hybridized carbons (Fsp3) is 0.0625. The van der Waals surface area contributed by atoms with E-state index in [1.54, 1.807) is 0 Å². The number of hydrogen-bond acceptors (Lipinski definition) is 1. The number of aromatic nitrogens is 1. The number of benzene rings is 2. The molecular weight excluding hydrogens is 236 g/mol. The van der Waals surface area contributed by atoms with Crippen LogP contribution in [-0.4, -0.2) is 10.9 Å². The monoisotopic (exact) mass is 249 g/mol. The lowest BCUT2D eigenvalue weighted by molar-refractivity contribution is -0.114. The average molecular weight is 249 g/mol. The van der Waals surface area contributed by atoms with Crippen molar-refractivity contribution >= 4 is 22.5 Å². The van der Waals surface area contributed by atoms with E-state index in [-0.39, 0.29) is 5.91 Å². The van der Waals surface area contributed by atoms with Gasteiger partial charge >= 0.3 is 0 Å². The summed E-state index contributed by atoms with van der Waals surface area (Å²) >= 11 is 0. The van der Waals surface area contributed by atoms with Gasteiger partial charge in [0.2, 0.25) is 5.91 Å². The van der Waals surface area contributed by atoms with Crippen LogP contribution in [0.15, 0.2) is 48.5 Å². The number of fused-ring (bicyclic) bond motifs is 1. The maximum absolute atomic E-state index is 11.1. The summed E-state index contributed by atoms with van der Waals surface area (Å²) in [7, 11) is 0. The molecule has 3 heteroatoms. The Morgan fingerprint density at radius 3 is 2.89 bits per heavy atom. The average Bonchev–Trinajstić information content (AvgIpc) is 2.82. The van der Waals surface area contributed by atoms with Crippen LogP contribution >= 0.6 is 0 Å². The summed E-state index contributed by atoms with van der Waals surface area (Å²) in [5.74, 6) is -0.0623. The van der Waals surface area contributed by atoms with E-state index >= 15 is 0 Å². The van der Waals surface area contributed by atoms with Gasteiger partial charge in [0.25, 0.3) is 0 Å². The fourth-order valence-corrected chi connectivity index (χ4v) is 2.13. The number of carbonyl (C=O) groups is 1. The number of hydrogen-bond donors (Lipinski definition) is 2. The third-order valence-electron chi connectivity index (χ3n) is 2.96. The Labute approximate surface area is 111 Å². The first kappa shape index (κ1) is 11.5. The minimum Gasteiger partial charge on any atom is -0.355 e. The van der Waals surface area contributed by atoms with Crippen molar-refractivity contribution in [3.05, 3.63) is 54.6 Å². The highest BCUT2D eigenvalue weighted by Crippen LogP contribution is 2.25. The van der Waals surface area contributed by atoms with Gasteiger partial charge in [-0.2, -0.15) is 0 Å². The second-order valence-corrected chi connectivity index (χ2v) is 4.46. The molecule has 1 radical (unpaired) electrons. The summed E-state index contributed by atoms with van der Waals surface area (Å²) in [4.78, 5) is 14.4. The number of anilines is 1. The molecule has 1 heterocycles. The van der Waals surface area contributed by atoms with Gasteiger partial charge in [-0.3, -0.25) is 4.79 Å². The molecule has 0 aliphatic carbocycles. The van der Waals surface area contributed by atoms with Gasteiger partial charge in [-0.25, -0.2) is 0 Å². The van der Waals surface area contributed by atoms with Crippen LogP contribution in [0.4, 0.5) is 5.69 Å². The van der Waals surface area contributed by atoms with Crippen LogP contribution in [0.5, 0.6) is 0 Å².